The van der Waals surface area contributed by atoms with Crippen molar-refractivity contribution in [2.45, 2.75) is 32.7 Å². The van der Waals surface area contributed by atoms with Crippen LogP contribution in [0.4, 0.5) is 5.69 Å². The van der Waals surface area contributed by atoms with Gasteiger partial charge in [-0.1, -0.05) is 41.1 Å². The van der Waals surface area contributed by atoms with Gasteiger partial charge in [-0.3, -0.25) is 4.79 Å². The summed E-state index contributed by atoms with van der Waals surface area (Å²) in [5, 5.41) is 0. The molecule has 2 unspecified atom stereocenters. The van der Waals surface area contributed by atoms with E-state index in [1.54, 1.807) is 7.11 Å². The molecule has 3 rings (SSSR count). The van der Waals surface area contributed by atoms with E-state index in [-0.39, 0.29) is 18.4 Å². The highest BCUT2D eigenvalue weighted by molar-refractivity contribution is 9.10. The average Bonchev–Trinajstić information content (AvgIpc) is 2.60. The molecular formula is C21H25BrN2O2. The highest BCUT2D eigenvalue weighted by atomic mass is 79.9. The second-order valence-electron chi connectivity index (χ2n) is 7.09. The van der Waals surface area contributed by atoms with E-state index in [1.807, 2.05) is 42.2 Å². The van der Waals surface area contributed by atoms with Crippen LogP contribution in [0, 0.1) is 12.8 Å². The van der Waals surface area contributed by atoms with Crippen molar-refractivity contribution < 1.29 is 9.53 Å². The van der Waals surface area contributed by atoms with Gasteiger partial charge in [0.25, 0.3) is 0 Å². The molecule has 0 aromatic heterocycles. The van der Waals surface area contributed by atoms with Gasteiger partial charge in [0.1, 0.15) is 5.75 Å². The van der Waals surface area contributed by atoms with Crippen LogP contribution >= 0.6 is 15.9 Å². The zero-order valence-electron chi connectivity index (χ0n) is 15.5. The second kappa shape index (κ2) is 7.80. The van der Waals surface area contributed by atoms with Crippen LogP contribution < -0.4 is 15.4 Å². The maximum Gasteiger partial charge on any atom is 0.228 e. The van der Waals surface area contributed by atoms with Gasteiger partial charge in [0.2, 0.25) is 5.91 Å². The Balaban J connectivity index is 1.83. The van der Waals surface area contributed by atoms with E-state index in [2.05, 4.69) is 28.9 Å². The lowest BCUT2D eigenvalue weighted by Crippen LogP contribution is -2.40. The quantitative estimate of drug-likeness (QED) is 0.803. The van der Waals surface area contributed by atoms with E-state index in [4.69, 9.17) is 10.5 Å². The third-order valence-electron chi connectivity index (χ3n) is 4.96. The molecule has 0 saturated heterocycles. The SMILES string of the molecule is COc1cc(C)c(C(N)CC(=O)N2CC(C)Cc3ccccc32)c(Br)c1. The van der Waals surface area contributed by atoms with Gasteiger partial charge < -0.3 is 15.4 Å². The van der Waals surface area contributed by atoms with Gasteiger partial charge in [0.05, 0.1) is 7.11 Å². The van der Waals surface area contributed by atoms with E-state index < -0.39 is 0 Å². The van der Waals surface area contributed by atoms with Crippen molar-refractivity contribution in [2.24, 2.45) is 11.7 Å². The van der Waals surface area contributed by atoms with Crippen molar-refractivity contribution in [3.8, 4) is 5.75 Å². The van der Waals surface area contributed by atoms with Gasteiger partial charge in [-0.15, -0.1) is 0 Å². The van der Waals surface area contributed by atoms with Crippen LogP contribution in [0.3, 0.4) is 0 Å². The molecule has 0 spiro atoms. The molecule has 26 heavy (non-hydrogen) atoms. The first kappa shape index (κ1) is 18.9. The zero-order valence-corrected chi connectivity index (χ0v) is 17.0. The number of amides is 1. The van der Waals surface area contributed by atoms with Crippen LogP contribution in [0.25, 0.3) is 0 Å². The Bertz CT molecular complexity index is 798. The van der Waals surface area contributed by atoms with Crippen molar-refractivity contribution in [1.82, 2.24) is 0 Å². The van der Waals surface area contributed by atoms with Gasteiger partial charge >= 0.3 is 0 Å². The summed E-state index contributed by atoms with van der Waals surface area (Å²) < 4.78 is 6.17. The summed E-state index contributed by atoms with van der Waals surface area (Å²) in [6.07, 6.45) is 1.28. The molecule has 2 aromatic rings. The molecule has 138 valence electrons. The van der Waals surface area contributed by atoms with Gasteiger partial charge in [-0.05, 0) is 54.2 Å². The van der Waals surface area contributed by atoms with Gasteiger partial charge in [-0.25, -0.2) is 0 Å². The number of hydrogen-bond acceptors (Lipinski definition) is 3. The maximum atomic E-state index is 13.0. The summed E-state index contributed by atoms with van der Waals surface area (Å²) in [5.41, 5.74) is 10.7. The van der Waals surface area contributed by atoms with Gasteiger partial charge in [0, 0.05) is 29.2 Å². The molecule has 5 heteroatoms. The van der Waals surface area contributed by atoms with Crippen LogP contribution in [0.1, 0.15) is 36.1 Å². The first-order chi connectivity index (χ1) is 12.4. The number of benzene rings is 2. The molecule has 1 aliphatic rings. The topological polar surface area (TPSA) is 55.6 Å². The number of rotatable bonds is 4. The minimum Gasteiger partial charge on any atom is -0.497 e. The predicted molar refractivity (Wildman–Crippen MR) is 109 cm³/mol. The Hall–Kier alpha value is -1.85. The molecule has 0 bridgehead atoms. The largest absolute Gasteiger partial charge is 0.497 e. The van der Waals surface area contributed by atoms with Crippen molar-refractivity contribution in [1.29, 1.82) is 0 Å². The number of halogens is 1. The summed E-state index contributed by atoms with van der Waals surface area (Å²) in [6.45, 7) is 4.91. The summed E-state index contributed by atoms with van der Waals surface area (Å²) in [5.74, 6) is 1.29. The molecule has 1 aliphatic heterocycles. The Morgan fingerprint density at radius 2 is 2.12 bits per heavy atom. The van der Waals surface area contributed by atoms with Crippen LogP contribution in [0.2, 0.25) is 0 Å². The van der Waals surface area contributed by atoms with Crippen molar-refractivity contribution in [2.75, 3.05) is 18.6 Å². The van der Waals surface area contributed by atoms with E-state index in [0.717, 1.165) is 40.0 Å². The summed E-state index contributed by atoms with van der Waals surface area (Å²) >= 11 is 3.58. The number of methoxy groups -OCH3 is 1. The van der Waals surface area contributed by atoms with Gasteiger partial charge in [0.15, 0.2) is 0 Å². The molecule has 1 amide bonds. The summed E-state index contributed by atoms with van der Waals surface area (Å²) in [7, 11) is 1.64. The number of carbonyl (C=O) groups is 1. The highest BCUT2D eigenvalue weighted by Gasteiger charge is 2.28. The van der Waals surface area contributed by atoms with Crippen LogP contribution in [-0.2, 0) is 11.2 Å². The minimum absolute atomic E-state index is 0.0682. The number of nitrogens with zero attached hydrogens (tertiary/aromatic N) is 1. The number of fused-ring (bicyclic) bond motifs is 1. The van der Waals surface area contributed by atoms with Crippen molar-refractivity contribution >= 4 is 27.5 Å². The fraction of sp³-hybridized carbons (Fsp3) is 0.381. The van der Waals surface area contributed by atoms with Crippen LogP contribution in [-0.4, -0.2) is 19.6 Å². The van der Waals surface area contributed by atoms with E-state index in [0.29, 0.717) is 5.92 Å². The Labute approximate surface area is 163 Å². The molecule has 0 fully saturated rings. The first-order valence-electron chi connectivity index (χ1n) is 8.88. The third-order valence-corrected chi connectivity index (χ3v) is 5.61. The van der Waals surface area contributed by atoms with Crippen molar-refractivity contribution in [3.63, 3.8) is 0 Å². The monoisotopic (exact) mass is 416 g/mol. The van der Waals surface area contributed by atoms with Crippen LogP contribution in [0.5, 0.6) is 5.75 Å². The molecule has 0 aliphatic carbocycles. The maximum absolute atomic E-state index is 13.0. The molecule has 2 atom stereocenters. The lowest BCUT2D eigenvalue weighted by atomic mass is 9.92. The number of ether oxygens (including phenoxy) is 1. The van der Waals surface area contributed by atoms with Gasteiger partial charge in [-0.2, -0.15) is 0 Å². The van der Waals surface area contributed by atoms with E-state index in [9.17, 15) is 4.79 Å². The minimum atomic E-state index is -0.368. The van der Waals surface area contributed by atoms with E-state index in [1.165, 1.54) is 5.56 Å². The number of carbonyl (C=O) groups excluding carboxylic acids is 1. The third kappa shape index (κ3) is 3.79. The molecule has 2 aromatic carbocycles. The molecule has 1 heterocycles. The molecule has 2 N–H and O–H groups in total. The number of nitrogens with two attached hydrogens (primary N) is 1. The number of anilines is 1. The fourth-order valence-corrected chi connectivity index (χ4v) is 4.58. The lowest BCUT2D eigenvalue weighted by molar-refractivity contribution is -0.119. The number of aryl methyl sites for hydroxylation is 1. The summed E-state index contributed by atoms with van der Waals surface area (Å²) in [6, 6.07) is 11.6. The molecule has 0 saturated carbocycles. The number of hydrogen-bond donors (Lipinski definition) is 1. The average molecular weight is 417 g/mol. The smallest absolute Gasteiger partial charge is 0.228 e. The number of para-hydroxylation sites is 1. The fourth-order valence-electron chi connectivity index (χ4n) is 3.74. The van der Waals surface area contributed by atoms with Crippen molar-refractivity contribution in [3.05, 3.63) is 57.6 Å². The zero-order chi connectivity index (χ0) is 18.8. The lowest BCUT2D eigenvalue weighted by Gasteiger charge is -2.34. The Morgan fingerprint density at radius 3 is 2.81 bits per heavy atom. The second-order valence-corrected chi connectivity index (χ2v) is 7.95. The molecular weight excluding hydrogens is 392 g/mol. The summed E-state index contributed by atoms with van der Waals surface area (Å²) in [4.78, 5) is 14.9. The standard InChI is InChI=1S/C21H25BrN2O2/c1-13-8-15-6-4-5-7-19(15)24(12-13)20(25)11-18(23)21-14(2)9-16(26-3)10-17(21)22/h4-7,9-10,13,18H,8,11-12,23H2,1-3H3. The Morgan fingerprint density at radius 1 is 1.38 bits per heavy atom. The highest BCUT2D eigenvalue weighted by Crippen LogP contribution is 2.34. The van der Waals surface area contributed by atoms with Crippen LogP contribution in [0.15, 0.2) is 40.9 Å². The molecule has 0 radical (unpaired) electrons. The van der Waals surface area contributed by atoms with E-state index >= 15 is 0 Å². The predicted octanol–water partition coefficient (Wildman–Crippen LogP) is 4.38. The Kier molecular flexibility index (Phi) is 5.68. The molecule has 4 nitrogen and oxygen atoms in total. The normalized spacial score (nSPS) is 17.6. The first-order valence-corrected chi connectivity index (χ1v) is 9.68.